The van der Waals surface area contributed by atoms with E-state index < -0.39 is 11.6 Å². The predicted octanol–water partition coefficient (Wildman–Crippen LogP) is 1.96. The van der Waals surface area contributed by atoms with Gasteiger partial charge in [0.15, 0.2) is 0 Å². The van der Waals surface area contributed by atoms with Crippen LogP contribution in [-0.2, 0) is 14.3 Å². The minimum absolute atomic E-state index is 0.0343. The summed E-state index contributed by atoms with van der Waals surface area (Å²) in [6.45, 7) is 7.43. The van der Waals surface area contributed by atoms with Crippen molar-refractivity contribution < 1.29 is 24.2 Å². The monoisotopic (exact) mass is 340 g/mol. The molecule has 7 nitrogen and oxygen atoms in total. The van der Waals surface area contributed by atoms with E-state index in [9.17, 15) is 14.4 Å². The van der Waals surface area contributed by atoms with Gasteiger partial charge in [0.05, 0.1) is 11.8 Å². The van der Waals surface area contributed by atoms with Gasteiger partial charge in [-0.15, -0.1) is 0 Å². The van der Waals surface area contributed by atoms with Gasteiger partial charge in [-0.05, 0) is 46.5 Å². The van der Waals surface area contributed by atoms with Crippen LogP contribution in [0.2, 0.25) is 0 Å². The molecule has 0 saturated carbocycles. The lowest BCUT2D eigenvalue weighted by Gasteiger charge is -2.37. The smallest absolute Gasteiger partial charge is 0.410 e. The number of nitrogens with zero attached hydrogens (tertiary/aromatic N) is 2. The molecule has 2 fully saturated rings. The number of aliphatic carboxylic acids is 1. The van der Waals surface area contributed by atoms with Crippen LogP contribution in [0.1, 0.15) is 46.5 Å². The Balaban J connectivity index is 1.89. The van der Waals surface area contributed by atoms with Crippen molar-refractivity contribution in [3.8, 4) is 0 Å². The van der Waals surface area contributed by atoms with E-state index in [2.05, 4.69) is 0 Å². The Bertz CT molecular complexity index is 492. The Morgan fingerprint density at radius 3 is 2.12 bits per heavy atom. The van der Waals surface area contributed by atoms with Crippen molar-refractivity contribution >= 4 is 18.0 Å². The van der Waals surface area contributed by atoms with E-state index >= 15 is 0 Å². The zero-order chi connectivity index (χ0) is 17.9. The first-order chi connectivity index (χ1) is 11.2. The Morgan fingerprint density at radius 2 is 1.58 bits per heavy atom. The predicted molar refractivity (Wildman–Crippen MR) is 87.5 cm³/mol. The topological polar surface area (TPSA) is 87.2 Å². The summed E-state index contributed by atoms with van der Waals surface area (Å²) in [5, 5.41) is 9.04. The van der Waals surface area contributed by atoms with Crippen LogP contribution in [-0.4, -0.2) is 64.7 Å². The highest BCUT2D eigenvalue weighted by Gasteiger charge is 2.35. The lowest BCUT2D eigenvalue weighted by molar-refractivity contribution is -0.147. The summed E-state index contributed by atoms with van der Waals surface area (Å²) in [5.41, 5.74) is -0.549. The largest absolute Gasteiger partial charge is 0.481 e. The standard InChI is InChI=1S/C17H28N2O5/c1-17(2,3)24-16(23)19-8-4-5-13(11-19)14(20)18-9-6-12(7-10-18)15(21)22/h12-13H,4-11H2,1-3H3,(H,21,22)/t13-/m1/s1. The molecular formula is C17H28N2O5. The van der Waals surface area contributed by atoms with Crippen LogP contribution in [0.3, 0.4) is 0 Å². The number of carboxylic acid groups (broad SMARTS) is 1. The summed E-state index contributed by atoms with van der Waals surface area (Å²) in [6.07, 6.45) is 2.18. The molecule has 24 heavy (non-hydrogen) atoms. The normalized spacial score (nSPS) is 23.0. The molecule has 2 saturated heterocycles. The van der Waals surface area contributed by atoms with Gasteiger partial charge in [0.25, 0.3) is 0 Å². The van der Waals surface area contributed by atoms with Gasteiger partial charge >= 0.3 is 12.1 Å². The van der Waals surface area contributed by atoms with E-state index in [1.807, 2.05) is 20.8 Å². The lowest BCUT2D eigenvalue weighted by Crippen LogP contribution is -2.49. The van der Waals surface area contributed by atoms with Crippen molar-refractivity contribution in [1.29, 1.82) is 0 Å². The van der Waals surface area contributed by atoms with Gasteiger partial charge in [-0.1, -0.05) is 0 Å². The molecule has 0 aromatic rings. The lowest BCUT2D eigenvalue weighted by atomic mass is 9.93. The Labute approximate surface area is 142 Å². The first kappa shape index (κ1) is 18.5. The van der Waals surface area contributed by atoms with Gasteiger partial charge in [-0.3, -0.25) is 9.59 Å². The van der Waals surface area contributed by atoms with E-state index in [1.165, 1.54) is 0 Å². The maximum Gasteiger partial charge on any atom is 0.410 e. The van der Waals surface area contributed by atoms with E-state index in [1.54, 1.807) is 9.80 Å². The molecule has 136 valence electrons. The number of rotatable bonds is 2. The highest BCUT2D eigenvalue weighted by molar-refractivity contribution is 5.80. The molecule has 0 bridgehead atoms. The molecule has 2 heterocycles. The average molecular weight is 340 g/mol. The third-order valence-electron chi connectivity index (χ3n) is 4.58. The van der Waals surface area contributed by atoms with Gasteiger partial charge in [-0.25, -0.2) is 4.79 Å². The number of piperidine rings is 2. The summed E-state index contributed by atoms with van der Waals surface area (Å²) >= 11 is 0. The van der Waals surface area contributed by atoms with Crippen LogP contribution in [0.4, 0.5) is 4.79 Å². The zero-order valence-corrected chi connectivity index (χ0v) is 14.8. The summed E-state index contributed by atoms with van der Waals surface area (Å²) in [7, 11) is 0. The fourth-order valence-corrected chi connectivity index (χ4v) is 3.28. The maximum atomic E-state index is 12.7. The molecule has 2 amide bonds. The minimum Gasteiger partial charge on any atom is -0.481 e. The molecule has 0 unspecified atom stereocenters. The van der Waals surface area contributed by atoms with Crippen molar-refractivity contribution in [3.05, 3.63) is 0 Å². The summed E-state index contributed by atoms with van der Waals surface area (Å²) < 4.78 is 5.39. The van der Waals surface area contributed by atoms with E-state index in [0.29, 0.717) is 39.0 Å². The van der Waals surface area contributed by atoms with Crippen LogP contribution >= 0.6 is 0 Å². The number of likely N-dealkylation sites (tertiary alicyclic amines) is 2. The SMILES string of the molecule is CC(C)(C)OC(=O)N1CCC[C@@H](C(=O)N2CCC(C(=O)O)CC2)C1. The molecule has 2 rings (SSSR count). The molecule has 0 aliphatic carbocycles. The number of hydrogen-bond acceptors (Lipinski definition) is 4. The second kappa shape index (κ2) is 7.40. The summed E-state index contributed by atoms with van der Waals surface area (Å²) in [5.74, 6) is -1.31. The highest BCUT2D eigenvalue weighted by atomic mass is 16.6. The van der Waals surface area contributed by atoms with E-state index in [4.69, 9.17) is 9.84 Å². The molecule has 1 atom stereocenters. The molecule has 0 radical (unpaired) electrons. The maximum absolute atomic E-state index is 12.7. The zero-order valence-electron chi connectivity index (χ0n) is 14.8. The summed E-state index contributed by atoms with van der Waals surface area (Å²) in [4.78, 5) is 39.2. The molecule has 2 aliphatic heterocycles. The van der Waals surface area contributed by atoms with Crippen LogP contribution in [0.15, 0.2) is 0 Å². The summed E-state index contributed by atoms with van der Waals surface area (Å²) in [6, 6.07) is 0. The number of ether oxygens (including phenoxy) is 1. The van der Waals surface area contributed by atoms with Crippen molar-refractivity contribution in [2.45, 2.75) is 52.1 Å². The Kier molecular flexibility index (Phi) is 5.72. The first-order valence-electron chi connectivity index (χ1n) is 8.67. The van der Waals surface area contributed by atoms with Gasteiger partial charge in [0.1, 0.15) is 5.60 Å². The molecular weight excluding hydrogens is 312 g/mol. The van der Waals surface area contributed by atoms with E-state index in [-0.39, 0.29) is 23.8 Å². The van der Waals surface area contributed by atoms with Gasteiger partial charge < -0.3 is 19.6 Å². The first-order valence-corrected chi connectivity index (χ1v) is 8.67. The van der Waals surface area contributed by atoms with Crippen molar-refractivity contribution in [1.82, 2.24) is 9.80 Å². The quantitative estimate of drug-likeness (QED) is 0.830. The van der Waals surface area contributed by atoms with Crippen LogP contribution < -0.4 is 0 Å². The van der Waals surface area contributed by atoms with Crippen molar-refractivity contribution in [2.24, 2.45) is 11.8 Å². The minimum atomic E-state index is -0.782. The van der Waals surface area contributed by atoms with Crippen LogP contribution in [0, 0.1) is 11.8 Å². The van der Waals surface area contributed by atoms with E-state index in [0.717, 1.165) is 12.8 Å². The molecule has 7 heteroatoms. The van der Waals surface area contributed by atoms with Crippen molar-refractivity contribution in [3.63, 3.8) is 0 Å². The number of carboxylic acids is 1. The molecule has 0 aromatic carbocycles. The fraction of sp³-hybridized carbons (Fsp3) is 0.824. The van der Waals surface area contributed by atoms with Gasteiger partial charge in [0, 0.05) is 26.2 Å². The number of hydrogen-bond donors (Lipinski definition) is 1. The number of carbonyl (C=O) groups excluding carboxylic acids is 2. The Hall–Kier alpha value is -1.79. The second-order valence-corrected chi connectivity index (χ2v) is 7.70. The average Bonchev–Trinajstić information content (AvgIpc) is 2.53. The van der Waals surface area contributed by atoms with Crippen molar-refractivity contribution in [2.75, 3.05) is 26.2 Å². The van der Waals surface area contributed by atoms with Crippen LogP contribution in [0.5, 0.6) is 0 Å². The Morgan fingerprint density at radius 1 is 0.958 bits per heavy atom. The number of carbonyl (C=O) groups is 3. The molecule has 0 aromatic heterocycles. The fourth-order valence-electron chi connectivity index (χ4n) is 3.28. The van der Waals surface area contributed by atoms with Gasteiger partial charge in [0.2, 0.25) is 5.91 Å². The second-order valence-electron chi connectivity index (χ2n) is 7.70. The molecule has 2 aliphatic rings. The highest BCUT2D eigenvalue weighted by Crippen LogP contribution is 2.24. The molecule has 1 N–H and O–H groups in total. The third-order valence-corrected chi connectivity index (χ3v) is 4.58. The molecule has 0 spiro atoms. The number of amides is 2. The third kappa shape index (κ3) is 4.85. The van der Waals surface area contributed by atoms with Crippen LogP contribution in [0.25, 0.3) is 0 Å². The van der Waals surface area contributed by atoms with Gasteiger partial charge in [-0.2, -0.15) is 0 Å².